The molecule has 0 spiro atoms. The van der Waals surface area contributed by atoms with Crippen molar-refractivity contribution in [3.63, 3.8) is 0 Å². The summed E-state index contributed by atoms with van der Waals surface area (Å²) in [7, 11) is 2.97. The zero-order chi connectivity index (χ0) is 45.8. The molecule has 4 N–H and O–H groups in total. The lowest BCUT2D eigenvalue weighted by Gasteiger charge is -2.30. The average molecular weight is 881 g/mol. The van der Waals surface area contributed by atoms with Crippen molar-refractivity contribution in [1.82, 2.24) is 40.4 Å². The molecule has 3 aliphatic rings. The number of imidazole rings is 2. The van der Waals surface area contributed by atoms with Crippen molar-refractivity contribution in [2.75, 3.05) is 33.9 Å². The predicted octanol–water partition coefficient (Wildman–Crippen LogP) is 8.67. The number of carbonyl (C=O) groups is 4. The molecular weight excluding hydrogens is 821 g/mol. The number of amides is 4. The van der Waals surface area contributed by atoms with E-state index in [-0.39, 0.29) is 49.0 Å². The van der Waals surface area contributed by atoms with E-state index in [1.165, 1.54) is 7.11 Å². The van der Waals surface area contributed by atoms with E-state index in [2.05, 4.69) is 82.3 Å². The number of nitrogens with one attached hydrogen (secondary N) is 4. The quantitative estimate of drug-likeness (QED) is 0.0834. The third-order valence-corrected chi connectivity index (χ3v) is 12.9. The number of methoxy groups -OCH3 is 2. The molecule has 1 saturated carbocycles. The van der Waals surface area contributed by atoms with Gasteiger partial charge in [-0.15, -0.1) is 13.2 Å². The predicted molar refractivity (Wildman–Crippen MR) is 252 cm³/mol. The molecule has 3 fully saturated rings. The monoisotopic (exact) mass is 880 g/mol. The fraction of sp³-hybridized carbons (Fsp3) is 0.373. The first-order chi connectivity index (χ1) is 31.6. The number of aromatic amines is 2. The molecule has 14 nitrogen and oxygen atoms in total. The summed E-state index contributed by atoms with van der Waals surface area (Å²) >= 11 is 0. The molecule has 65 heavy (non-hydrogen) atoms. The van der Waals surface area contributed by atoms with Gasteiger partial charge in [-0.3, -0.25) is 14.4 Å². The summed E-state index contributed by atoms with van der Waals surface area (Å²) in [6.45, 7) is 11.4. The number of nitrogens with zero attached hydrogens (tertiary/aromatic N) is 4. The van der Waals surface area contributed by atoms with Gasteiger partial charge in [0.2, 0.25) is 17.7 Å². The maximum atomic E-state index is 14.5. The molecule has 4 aromatic carbocycles. The van der Waals surface area contributed by atoms with Gasteiger partial charge in [-0.1, -0.05) is 86.6 Å². The normalized spacial score (nSPS) is 19.2. The van der Waals surface area contributed by atoms with Crippen LogP contribution in [0.5, 0.6) is 0 Å². The fourth-order valence-electron chi connectivity index (χ4n) is 9.33. The van der Waals surface area contributed by atoms with Crippen LogP contribution in [-0.2, 0) is 23.9 Å². The van der Waals surface area contributed by atoms with Crippen LogP contribution in [0.1, 0.15) is 82.7 Å². The topological polar surface area (TPSA) is 175 Å². The molecule has 2 aliphatic heterocycles. The van der Waals surface area contributed by atoms with Gasteiger partial charge >= 0.3 is 6.09 Å². The highest BCUT2D eigenvalue weighted by Crippen LogP contribution is 2.40. The van der Waals surface area contributed by atoms with Crippen LogP contribution in [0.4, 0.5) is 4.79 Å². The molecule has 4 amide bonds. The van der Waals surface area contributed by atoms with Crippen LogP contribution >= 0.6 is 0 Å². The fourth-order valence-corrected chi connectivity index (χ4v) is 9.33. The third kappa shape index (κ3) is 9.40. The third-order valence-electron chi connectivity index (χ3n) is 12.9. The molecule has 2 saturated heterocycles. The van der Waals surface area contributed by atoms with E-state index in [0.717, 1.165) is 81.3 Å². The van der Waals surface area contributed by atoms with Crippen LogP contribution in [0.2, 0.25) is 0 Å². The van der Waals surface area contributed by atoms with Gasteiger partial charge in [0.05, 0.1) is 48.7 Å². The Morgan fingerprint density at radius 3 is 2.28 bits per heavy atom. The number of fused-ring (bicyclic) bond motifs is 3. The van der Waals surface area contributed by atoms with Crippen molar-refractivity contribution in [3.8, 4) is 22.4 Å². The van der Waals surface area contributed by atoms with E-state index >= 15 is 0 Å². The Bertz CT molecular complexity index is 2660. The lowest BCUT2D eigenvalue weighted by Crippen LogP contribution is -2.51. The van der Waals surface area contributed by atoms with Gasteiger partial charge in [-0.2, -0.15) is 0 Å². The minimum Gasteiger partial charge on any atom is -0.453 e. The number of likely N-dealkylation sites (tertiary alicyclic amines) is 2. The number of aromatic nitrogens is 4. The summed E-state index contributed by atoms with van der Waals surface area (Å²) in [5.41, 5.74) is 6.43. The Hall–Kier alpha value is -6.80. The van der Waals surface area contributed by atoms with Gasteiger partial charge in [0.25, 0.3) is 0 Å². The van der Waals surface area contributed by atoms with Crippen molar-refractivity contribution in [1.29, 1.82) is 0 Å². The van der Waals surface area contributed by atoms with E-state index in [9.17, 15) is 19.2 Å². The summed E-state index contributed by atoms with van der Waals surface area (Å²) in [5.74, 6) is 1.05. The van der Waals surface area contributed by atoms with Crippen molar-refractivity contribution < 1.29 is 30.1 Å². The SMILES string of the molecule is C=C.COC[C@H]1C[C@@H](c2nc3c(ccc4cc(-c5ccc(-c6cnc([C@@H]7CCCN7C(=O)[C@@H](NC(=O)OC)C(C)C)[nH]6)cc5)ccc43)[nH]2)N(C(=O)[C@H](NC(=O)C2CC2)c2ccccc2)C1.[HH]. The van der Waals surface area contributed by atoms with Gasteiger partial charge in [-0.05, 0) is 77.8 Å². The molecule has 0 bridgehead atoms. The van der Waals surface area contributed by atoms with Crippen LogP contribution in [0.25, 0.3) is 44.2 Å². The summed E-state index contributed by atoms with van der Waals surface area (Å²) in [5, 5.41) is 7.83. The minimum absolute atomic E-state index is 0. The van der Waals surface area contributed by atoms with Crippen LogP contribution in [-0.4, -0.2) is 93.5 Å². The first-order valence-electron chi connectivity index (χ1n) is 22.5. The second kappa shape index (κ2) is 19.5. The zero-order valence-electron chi connectivity index (χ0n) is 37.5. The molecule has 6 aromatic rings. The lowest BCUT2D eigenvalue weighted by molar-refractivity contribution is -0.138. The molecule has 5 atom stereocenters. The highest BCUT2D eigenvalue weighted by atomic mass is 16.5. The molecule has 14 heteroatoms. The number of H-pyrrole nitrogens is 2. The van der Waals surface area contributed by atoms with Crippen LogP contribution in [0.3, 0.4) is 0 Å². The zero-order valence-corrected chi connectivity index (χ0v) is 37.5. The summed E-state index contributed by atoms with van der Waals surface area (Å²) in [6, 6.07) is 26.3. The number of hydrogen-bond donors (Lipinski definition) is 4. The molecule has 0 radical (unpaired) electrons. The van der Waals surface area contributed by atoms with Gasteiger partial charge in [-0.25, -0.2) is 14.8 Å². The number of benzene rings is 4. The first-order valence-corrected chi connectivity index (χ1v) is 22.5. The molecule has 0 unspecified atom stereocenters. The van der Waals surface area contributed by atoms with E-state index < -0.39 is 18.2 Å². The highest BCUT2D eigenvalue weighted by molar-refractivity contribution is 6.05. The molecule has 9 rings (SSSR count). The Balaban J connectivity index is 0.00000213. The maximum Gasteiger partial charge on any atom is 0.407 e. The Morgan fingerprint density at radius 2 is 1.57 bits per heavy atom. The Kier molecular flexibility index (Phi) is 13.5. The number of carbonyl (C=O) groups excluding carboxylic acids is 4. The molecule has 4 heterocycles. The minimum atomic E-state index is -0.792. The van der Waals surface area contributed by atoms with Gasteiger partial charge in [0, 0.05) is 38.8 Å². The molecule has 340 valence electrons. The van der Waals surface area contributed by atoms with Crippen LogP contribution < -0.4 is 10.6 Å². The summed E-state index contributed by atoms with van der Waals surface area (Å²) in [4.78, 5) is 73.8. The maximum absolute atomic E-state index is 14.5. The standard InChI is InChI=1S/C49H54N8O6.C2H4.H2/c1-28(2)41(55-49(61)63-4)47(59)56-22-8-11-39(56)44-50-25-38(52-44)31-14-12-30(13-15-31)34-18-20-36-35(24-34)19-21-37-43(36)53-45(51-37)40-23-29(27-62-3)26-57(40)48(60)42(32-9-6-5-7-10-32)54-46(58)33-16-17-33;1-2;/h5-7,9-10,12-15,18-21,24-25,28-29,33,39-42H,8,11,16-17,22-23,26-27H2,1-4H3,(H,50,52)(H,51,53)(H,54,58)(H,55,61);1-2H2;1H/t29-,39-,40-,41-,42+;;/m0../s1. The van der Waals surface area contributed by atoms with E-state index in [0.29, 0.717) is 31.9 Å². The van der Waals surface area contributed by atoms with Crippen LogP contribution in [0, 0.1) is 17.8 Å². The van der Waals surface area contributed by atoms with E-state index in [1.807, 2.05) is 66.2 Å². The van der Waals surface area contributed by atoms with Crippen molar-refractivity contribution in [2.45, 2.75) is 70.1 Å². The van der Waals surface area contributed by atoms with E-state index in [1.54, 1.807) is 7.11 Å². The second-order valence-corrected chi connectivity index (χ2v) is 17.5. The Labute approximate surface area is 380 Å². The average Bonchev–Trinajstić information content (AvgIpc) is 3.69. The summed E-state index contributed by atoms with van der Waals surface area (Å²) < 4.78 is 10.3. The molecule has 1 aliphatic carbocycles. The molecule has 2 aromatic heterocycles. The van der Waals surface area contributed by atoms with Gasteiger partial charge < -0.3 is 39.9 Å². The second-order valence-electron chi connectivity index (χ2n) is 17.5. The van der Waals surface area contributed by atoms with Gasteiger partial charge in [0.1, 0.15) is 23.7 Å². The van der Waals surface area contributed by atoms with Crippen molar-refractivity contribution in [2.24, 2.45) is 17.8 Å². The van der Waals surface area contributed by atoms with Crippen molar-refractivity contribution in [3.05, 3.63) is 121 Å². The lowest BCUT2D eigenvalue weighted by atomic mass is 9.99. The van der Waals surface area contributed by atoms with Gasteiger partial charge in [0.15, 0.2) is 0 Å². The highest BCUT2D eigenvalue weighted by Gasteiger charge is 2.43. The van der Waals surface area contributed by atoms with Crippen LogP contribution in [0.15, 0.2) is 104 Å². The van der Waals surface area contributed by atoms with Crippen molar-refractivity contribution >= 4 is 45.6 Å². The first kappa shape index (κ1) is 44.8. The Morgan fingerprint density at radius 1 is 0.831 bits per heavy atom. The number of rotatable bonds is 13. The number of ether oxygens (including phenoxy) is 2. The number of alkyl carbamates (subject to hydrolysis) is 1. The van der Waals surface area contributed by atoms with E-state index in [4.69, 9.17) is 19.4 Å². The number of hydrogen-bond acceptors (Lipinski definition) is 8. The largest absolute Gasteiger partial charge is 0.453 e. The summed E-state index contributed by atoms with van der Waals surface area (Å²) in [6.07, 6.45) is 5.19. The smallest absolute Gasteiger partial charge is 0.407 e. The molecular formula is C51H60N8O6.